The number of carbonyl (C=O) groups is 2. The number of aliphatic imine (C=N–C) groups is 1. The highest BCUT2D eigenvalue weighted by atomic mass is 35.5. The Morgan fingerprint density at radius 2 is 2.00 bits per heavy atom. The molecule has 0 saturated carbocycles. The quantitative estimate of drug-likeness (QED) is 0.429. The van der Waals surface area contributed by atoms with E-state index in [4.69, 9.17) is 33.7 Å². The second-order valence-corrected chi connectivity index (χ2v) is 8.77. The van der Waals surface area contributed by atoms with Crippen molar-refractivity contribution in [2.75, 3.05) is 30.7 Å². The van der Waals surface area contributed by atoms with Crippen LogP contribution in [0.5, 0.6) is 0 Å². The first-order valence-corrected chi connectivity index (χ1v) is 11.4. The molecule has 178 valence electrons. The molecule has 0 saturated heterocycles. The van der Waals surface area contributed by atoms with Crippen molar-refractivity contribution in [1.29, 1.82) is 0 Å². The van der Waals surface area contributed by atoms with Gasteiger partial charge in [-0.15, -0.1) is 0 Å². The average Bonchev–Trinajstić information content (AvgIpc) is 3.37. The van der Waals surface area contributed by atoms with E-state index in [-0.39, 0.29) is 24.4 Å². The Morgan fingerprint density at radius 3 is 2.58 bits per heavy atom. The number of guanidine groups is 1. The van der Waals surface area contributed by atoms with Crippen LogP contribution in [0.3, 0.4) is 0 Å². The van der Waals surface area contributed by atoms with Gasteiger partial charge in [0.25, 0.3) is 0 Å². The Labute approximate surface area is 202 Å². The number of nitrogen functional groups attached to an aromatic ring is 1. The van der Waals surface area contributed by atoms with Crippen LogP contribution in [0.4, 0.5) is 11.4 Å². The van der Waals surface area contributed by atoms with Gasteiger partial charge in [-0.3, -0.25) is 19.5 Å². The summed E-state index contributed by atoms with van der Waals surface area (Å²) >= 11 is 12.6. The molecule has 1 aromatic carbocycles. The molecule has 2 aromatic rings. The Hall–Kier alpha value is -2.78. The minimum Gasteiger partial charge on any atom is -0.466 e. The number of hydrogen-bond acceptors (Lipinski definition) is 7. The van der Waals surface area contributed by atoms with Gasteiger partial charge in [0.05, 0.1) is 35.2 Å². The van der Waals surface area contributed by atoms with Gasteiger partial charge in [0, 0.05) is 49.9 Å². The molecular weight excluding hydrogens is 467 g/mol. The number of hydrogen-bond donors (Lipinski definition) is 2. The van der Waals surface area contributed by atoms with Crippen molar-refractivity contribution in [3.05, 3.63) is 40.4 Å². The van der Waals surface area contributed by atoms with Gasteiger partial charge in [0.15, 0.2) is 0 Å². The maximum Gasteiger partial charge on any atom is 0.302 e. The third kappa shape index (κ3) is 5.97. The van der Waals surface area contributed by atoms with Crippen molar-refractivity contribution < 1.29 is 14.3 Å². The van der Waals surface area contributed by atoms with E-state index >= 15 is 0 Å². The lowest BCUT2D eigenvalue weighted by molar-refractivity contribution is -0.145. The Kier molecular flexibility index (Phi) is 8.20. The van der Waals surface area contributed by atoms with Gasteiger partial charge < -0.3 is 20.4 Å². The Bertz CT molecular complexity index is 1030. The molecular formula is C22H28Cl2N6O3. The van der Waals surface area contributed by atoms with Gasteiger partial charge in [-0.05, 0) is 25.0 Å². The van der Waals surface area contributed by atoms with Gasteiger partial charge in [0.2, 0.25) is 11.9 Å². The van der Waals surface area contributed by atoms with Crippen molar-refractivity contribution in [2.24, 2.45) is 23.9 Å². The number of nitrogens with zero attached hydrogens (tertiary/aromatic N) is 4. The predicted octanol–water partition coefficient (Wildman–Crippen LogP) is 3.37. The maximum absolute atomic E-state index is 13.7. The van der Waals surface area contributed by atoms with Gasteiger partial charge in [-0.2, -0.15) is 0 Å². The number of ether oxygens (including phenoxy) is 1. The summed E-state index contributed by atoms with van der Waals surface area (Å²) in [6.45, 7) is 4.31. The van der Waals surface area contributed by atoms with Crippen LogP contribution < -0.4 is 11.1 Å². The summed E-state index contributed by atoms with van der Waals surface area (Å²) in [5.74, 6) is -0.749. The summed E-state index contributed by atoms with van der Waals surface area (Å²) in [4.78, 5) is 35.4. The lowest BCUT2D eigenvalue weighted by atomic mass is 9.85. The van der Waals surface area contributed by atoms with Crippen LogP contribution >= 0.6 is 23.2 Å². The number of benzene rings is 1. The zero-order valence-electron chi connectivity index (χ0n) is 18.8. The van der Waals surface area contributed by atoms with E-state index in [0.717, 1.165) is 5.69 Å². The van der Waals surface area contributed by atoms with Crippen molar-refractivity contribution in [3.63, 3.8) is 0 Å². The second-order valence-electron chi connectivity index (χ2n) is 7.96. The number of nitrogens with one attached hydrogen (secondary N) is 1. The SMILES string of the molecule is CC[C@H](C(=O)N1CCN=C1Nc1c(Cl)cc(N)cc1Cl)[C@H](COC(C)=O)Cc1cncn1C. The van der Waals surface area contributed by atoms with Crippen LogP contribution in [0.1, 0.15) is 26.0 Å². The van der Waals surface area contributed by atoms with E-state index in [0.29, 0.717) is 53.3 Å². The third-order valence-electron chi connectivity index (χ3n) is 5.62. The van der Waals surface area contributed by atoms with Crippen molar-refractivity contribution >= 4 is 52.4 Å². The van der Waals surface area contributed by atoms with Crippen LogP contribution in [0.2, 0.25) is 10.0 Å². The first kappa shape index (κ1) is 24.9. The normalized spacial score (nSPS) is 15.2. The molecule has 33 heavy (non-hydrogen) atoms. The zero-order chi connectivity index (χ0) is 24.1. The number of carbonyl (C=O) groups excluding carboxylic acids is 2. The summed E-state index contributed by atoms with van der Waals surface area (Å²) in [6, 6.07) is 3.16. The molecule has 0 aliphatic carbocycles. The lowest BCUT2D eigenvalue weighted by Crippen LogP contribution is -2.45. The van der Waals surface area contributed by atoms with Gasteiger partial charge in [-0.25, -0.2) is 4.98 Å². The third-order valence-corrected chi connectivity index (χ3v) is 6.22. The van der Waals surface area contributed by atoms with E-state index in [1.165, 1.54) is 6.92 Å². The van der Waals surface area contributed by atoms with Crippen molar-refractivity contribution in [1.82, 2.24) is 14.5 Å². The Balaban J connectivity index is 1.82. The molecule has 0 fully saturated rings. The highest BCUT2D eigenvalue weighted by Gasteiger charge is 2.35. The van der Waals surface area contributed by atoms with Crippen LogP contribution in [0, 0.1) is 11.8 Å². The number of amides is 1. The smallest absolute Gasteiger partial charge is 0.302 e. The number of anilines is 2. The number of imidazole rings is 1. The first-order valence-electron chi connectivity index (χ1n) is 10.7. The molecule has 2 atom stereocenters. The number of rotatable bonds is 8. The topological polar surface area (TPSA) is 115 Å². The summed E-state index contributed by atoms with van der Waals surface area (Å²) in [6.07, 6.45) is 4.57. The van der Waals surface area contributed by atoms with E-state index < -0.39 is 5.92 Å². The van der Waals surface area contributed by atoms with E-state index in [9.17, 15) is 9.59 Å². The molecule has 0 bridgehead atoms. The van der Waals surface area contributed by atoms with Crippen molar-refractivity contribution in [2.45, 2.75) is 26.7 Å². The molecule has 3 N–H and O–H groups in total. The molecule has 1 aromatic heterocycles. The molecule has 9 nitrogen and oxygen atoms in total. The summed E-state index contributed by atoms with van der Waals surface area (Å²) in [5, 5.41) is 3.76. The van der Waals surface area contributed by atoms with Crippen molar-refractivity contribution in [3.8, 4) is 0 Å². The fourth-order valence-corrected chi connectivity index (χ4v) is 4.49. The van der Waals surface area contributed by atoms with Crippen LogP contribution in [-0.2, 0) is 27.8 Å². The number of nitrogens with two attached hydrogens (primary N) is 1. The van der Waals surface area contributed by atoms with Gasteiger partial charge in [0.1, 0.15) is 0 Å². The lowest BCUT2D eigenvalue weighted by Gasteiger charge is -2.30. The number of halogens is 2. The summed E-state index contributed by atoms with van der Waals surface area (Å²) < 4.78 is 7.22. The van der Waals surface area contributed by atoms with Crippen LogP contribution in [0.25, 0.3) is 0 Å². The Morgan fingerprint density at radius 1 is 1.30 bits per heavy atom. The molecule has 2 heterocycles. The summed E-state index contributed by atoms with van der Waals surface area (Å²) in [5.41, 5.74) is 7.61. The molecule has 0 spiro atoms. The minimum atomic E-state index is -0.401. The largest absolute Gasteiger partial charge is 0.466 e. The van der Waals surface area contributed by atoms with Crippen LogP contribution in [-0.4, -0.2) is 52.0 Å². The number of aromatic nitrogens is 2. The highest BCUT2D eigenvalue weighted by molar-refractivity contribution is 6.40. The fraction of sp³-hybridized carbons (Fsp3) is 0.455. The highest BCUT2D eigenvalue weighted by Crippen LogP contribution is 2.33. The second kappa shape index (κ2) is 10.9. The van der Waals surface area contributed by atoms with E-state index in [2.05, 4.69) is 15.3 Å². The van der Waals surface area contributed by atoms with Gasteiger partial charge >= 0.3 is 5.97 Å². The molecule has 0 radical (unpaired) electrons. The average molecular weight is 495 g/mol. The monoisotopic (exact) mass is 494 g/mol. The molecule has 11 heteroatoms. The predicted molar refractivity (Wildman–Crippen MR) is 129 cm³/mol. The molecule has 0 unspecified atom stereocenters. The number of esters is 1. The minimum absolute atomic E-state index is 0.108. The number of aryl methyl sites for hydroxylation is 1. The standard InChI is InChI=1S/C22H28Cl2N6O3/c1-4-17(14(11-33-13(2)31)7-16-10-26-12-29(16)3)21(32)30-6-5-27-22(30)28-20-18(23)8-15(25)9-19(20)24/h8-10,12,14,17H,4-7,11,25H2,1-3H3,(H,27,28)/t14-,17-/m0/s1. The molecule has 1 amide bonds. The fourth-order valence-electron chi connectivity index (χ4n) is 3.89. The van der Waals surface area contributed by atoms with Crippen LogP contribution in [0.15, 0.2) is 29.6 Å². The molecule has 1 aliphatic rings. The zero-order valence-corrected chi connectivity index (χ0v) is 20.4. The molecule has 3 rings (SSSR count). The maximum atomic E-state index is 13.7. The first-order chi connectivity index (χ1) is 15.7. The molecule has 1 aliphatic heterocycles. The summed E-state index contributed by atoms with van der Waals surface area (Å²) in [7, 11) is 1.89. The van der Waals surface area contributed by atoms with Gasteiger partial charge in [-0.1, -0.05) is 30.1 Å². The van der Waals surface area contributed by atoms with E-state index in [1.807, 2.05) is 18.5 Å². The van der Waals surface area contributed by atoms with E-state index in [1.54, 1.807) is 29.6 Å².